The predicted octanol–water partition coefficient (Wildman–Crippen LogP) is 1.45. The van der Waals surface area contributed by atoms with Gasteiger partial charge in [-0.05, 0) is 55.8 Å². The van der Waals surface area contributed by atoms with E-state index < -0.39 is 9.84 Å². The lowest BCUT2D eigenvalue weighted by Crippen LogP contribution is -2.55. The molecule has 0 aliphatic heterocycles. The van der Waals surface area contributed by atoms with E-state index in [0.29, 0.717) is 12.6 Å². The SMILES string of the molecule is CS(=O)(=O)CCNC1C2CC3CC(C2)CC1C3. The van der Waals surface area contributed by atoms with E-state index in [-0.39, 0.29) is 5.75 Å². The van der Waals surface area contributed by atoms with Crippen LogP contribution in [0.4, 0.5) is 0 Å². The molecule has 3 nitrogen and oxygen atoms in total. The molecule has 0 aromatic carbocycles. The van der Waals surface area contributed by atoms with Crippen molar-refractivity contribution in [2.75, 3.05) is 18.6 Å². The molecule has 98 valence electrons. The Kier molecular flexibility index (Phi) is 2.98. The van der Waals surface area contributed by atoms with Crippen LogP contribution < -0.4 is 5.32 Å². The van der Waals surface area contributed by atoms with Gasteiger partial charge in [0.2, 0.25) is 0 Å². The average Bonchev–Trinajstić information content (AvgIpc) is 2.19. The summed E-state index contributed by atoms with van der Waals surface area (Å²) in [6.45, 7) is 0.645. The third-order valence-corrected chi connectivity index (χ3v) is 6.03. The molecule has 4 saturated carbocycles. The number of rotatable bonds is 4. The topological polar surface area (TPSA) is 46.2 Å². The van der Waals surface area contributed by atoms with Crippen molar-refractivity contribution in [2.24, 2.45) is 23.7 Å². The zero-order valence-electron chi connectivity index (χ0n) is 10.6. The summed E-state index contributed by atoms with van der Waals surface area (Å²) in [5, 5.41) is 3.54. The lowest BCUT2D eigenvalue weighted by Gasteiger charge is -2.54. The minimum Gasteiger partial charge on any atom is -0.312 e. The summed E-state index contributed by atoms with van der Waals surface area (Å²) in [4.78, 5) is 0. The van der Waals surface area contributed by atoms with E-state index in [9.17, 15) is 8.42 Å². The fraction of sp³-hybridized carbons (Fsp3) is 1.00. The van der Waals surface area contributed by atoms with E-state index >= 15 is 0 Å². The molecule has 4 rings (SSSR count). The summed E-state index contributed by atoms with van der Waals surface area (Å²) < 4.78 is 22.3. The largest absolute Gasteiger partial charge is 0.312 e. The van der Waals surface area contributed by atoms with Crippen LogP contribution in [-0.2, 0) is 9.84 Å². The van der Waals surface area contributed by atoms with Crippen molar-refractivity contribution in [3.63, 3.8) is 0 Å². The fourth-order valence-corrected chi connectivity index (χ4v) is 5.16. The number of hydrogen-bond acceptors (Lipinski definition) is 3. The molecule has 0 saturated heterocycles. The van der Waals surface area contributed by atoms with Gasteiger partial charge < -0.3 is 5.32 Å². The van der Waals surface area contributed by atoms with E-state index in [2.05, 4.69) is 5.32 Å². The Morgan fingerprint density at radius 3 is 2.00 bits per heavy atom. The highest BCUT2D eigenvalue weighted by atomic mass is 32.2. The van der Waals surface area contributed by atoms with Gasteiger partial charge in [0.25, 0.3) is 0 Å². The normalized spacial score (nSPS) is 44.2. The minimum atomic E-state index is -2.81. The van der Waals surface area contributed by atoms with Crippen LogP contribution in [0, 0.1) is 23.7 Å². The molecule has 0 aromatic rings. The van der Waals surface area contributed by atoms with E-state index in [1.807, 2.05) is 0 Å². The smallest absolute Gasteiger partial charge is 0.148 e. The van der Waals surface area contributed by atoms with Crippen LogP contribution in [0.3, 0.4) is 0 Å². The average molecular weight is 257 g/mol. The van der Waals surface area contributed by atoms with Gasteiger partial charge in [-0.25, -0.2) is 8.42 Å². The maximum Gasteiger partial charge on any atom is 0.148 e. The molecule has 0 aromatic heterocycles. The molecule has 1 N–H and O–H groups in total. The van der Waals surface area contributed by atoms with Crippen molar-refractivity contribution < 1.29 is 8.42 Å². The molecule has 0 amide bonds. The van der Waals surface area contributed by atoms with E-state index in [1.165, 1.54) is 38.4 Å². The lowest BCUT2D eigenvalue weighted by molar-refractivity contribution is -0.0128. The summed E-state index contributed by atoms with van der Waals surface area (Å²) >= 11 is 0. The highest BCUT2D eigenvalue weighted by Gasteiger charge is 2.47. The van der Waals surface area contributed by atoms with E-state index in [1.54, 1.807) is 0 Å². The van der Waals surface area contributed by atoms with Gasteiger partial charge in [0.15, 0.2) is 0 Å². The second-order valence-electron chi connectivity index (χ2n) is 6.54. The minimum absolute atomic E-state index is 0.287. The van der Waals surface area contributed by atoms with Gasteiger partial charge in [0, 0.05) is 18.8 Å². The quantitative estimate of drug-likeness (QED) is 0.829. The van der Waals surface area contributed by atoms with Gasteiger partial charge in [-0.3, -0.25) is 0 Å². The van der Waals surface area contributed by atoms with Gasteiger partial charge in [0.1, 0.15) is 9.84 Å². The Balaban J connectivity index is 1.57. The third kappa shape index (κ3) is 2.53. The molecule has 4 aliphatic carbocycles. The molecular weight excluding hydrogens is 234 g/mol. The second-order valence-corrected chi connectivity index (χ2v) is 8.80. The van der Waals surface area contributed by atoms with Gasteiger partial charge >= 0.3 is 0 Å². The summed E-state index contributed by atoms with van der Waals surface area (Å²) in [6.07, 6.45) is 8.37. The van der Waals surface area contributed by atoms with Crippen molar-refractivity contribution >= 4 is 9.84 Å². The van der Waals surface area contributed by atoms with Crippen LogP contribution in [0.15, 0.2) is 0 Å². The van der Waals surface area contributed by atoms with Gasteiger partial charge in [-0.1, -0.05) is 0 Å². The Morgan fingerprint density at radius 2 is 1.53 bits per heavy atom. The zero-order valence-corrected chi connectivity index (χ0v) is 11.4. The molecule has 17 heavy (non-hydrogen) atoms. The van der Waals surface area contributed by atoms with Gasteiger partial charge in [0.05, 0.1) is 5.75 Å². The molecule has 0 radical (unpaired) electrons. The molecule has 4 aliphatic rings. The Hall–Kier alpha value is -0.0900. The first-order chi connectivity index (χ1) is 8.01. The van der Waals surface area contributed by atoms with Crippen molar-refractivity contribution in [3.8, 4) is 0 Å². The second kappa shape index (κ2) is 4.23. The third-order valence-electron chi connectivity index (χ3n) is 5.08. The van der Waals surface area contributed by atoms with Gasteiger partial charge in [-0.2, -0.15) is 0 Å². The maximum atomic E-state index is 11.1. The Morgan fingerprint density at radius 1 is 1.00 bits per heavy atom. The van der Waals surface area contributed by atoms with Crippen molar-refractivity contribution in [1.82, 2.24) is 5.32 Å². The van der Waals surface area contributed by atoms with Crippen molar-refractivity contribution in [1.29, 1.82) is 0 Å². The lowest BCUT2D eigenvalue weighted by atomic mass is 9.54. The first-order valence-corrected chi connectivity index (χ1v) is 8.98. The van der Waals surface area contributed by atoms with Crippen molar-refractivity contribution in [3.05, 3.63) is 0 Å². The van der Waals surface area contributed by atoms with Crippen LogP contribution in [0.1, 0.15) is 32.1 Å². The highest BCUT2D eigenvalue weighted by Crippen LogP contribution is 2.53. The highest BCUT2D eigenvalue weighted by molar-refractivity contribution is 7.90. The van der Waals surface area contributed by atoms with Crippen LogP contribution in [0.25, 0.3) is 0 Å². The van der Waals surface area contributed by atoms with E-state index in [4.69, 9.17) is 0 Å². The first-order valence-electron chi connectivity index (χ1n) is 6.92. The molecule has 0 atom stereocenters. The van der Waals surface area contributed by atoms with Gasteiger partial charge in [-0.15, -0.1) is 0 Å². The molecule has 4 fully saturated rings. The zero-order chi connectivity index (χ0) is 12.0. The van der Waals surface area contributed by atoms with E-state index in [0.717, 1.165) is 23.7 Å². The summed E-state index contributed by atoms with van der Waals surface area (Å²) in [5.74, 6) is 3.95. The molecular formula is C13H23NO2S. The van der Waals surface area contributed by atoms with Crippen LogP contribution >= 0.6 is 0 Å². The number of hydrogen-bond donors (Lipinski definition) is 1. The number of sulfone groups is 1. The Bertz CT molecular complexity index is 362. The summed E-state index contributed by atoms with van der Waals surface area (Å²) in [6, 6.07) is 0.615. The molecule has 4 bridgehead atoms. The summed E-state index contributed by atoms with van der Waals surface area (Å²) in [7, 11) is -2.81. The monoisotopic (exact) mass is 257 g/mol. The molecule has 0 unspecified atom stereocenters. The molecule has 0 spiro atoms. The van der Waals surface area contributed by atoms with Crippen molar-refractivity contribution in [2.45, 2.75) is 38.1 Å². The van der Waals surface area contributed by atoms with Crippen LogP contribution in [-0.4, -0.2) is 33.0 Å². The van der Waals surface area contributed by atoms with Crippen LogP contribution in [0.5, 0.6) is 0 Å². The first kappa shape index (κ1) is 12.0. The number of nitrogens with one attached hydrogen (secondary N) is 1. The molecule has 4 heteroatoms. The summed E-state index contributed by atoms with van der Waals surface area (Å²) in [5.41, 5.74) is 0. The fourth-order valence-electron chi connectivity index (χ4n) is 4.67. The maximum absolute atomic E-state index is 11.1. The standard InChI is InChI=1S/C13H23NO2S/c1-17(15,16)3-2-14-13-11-5-9-4-10(7-11)8-12(13)6-9/h9-14H,2-8H2,1H3. The van der Waals surface area contributed by atoms with Crippen LogP contribution in [0.2, 0.25) is 0 Å². The molecule has 0 heterocycles. The Labute approximate surface area is 104 Å². The predicted molar refractivity (Wildman–Crippen MR) is 68.5 cm³/mol.